The molecule has 0 unspecified atom stereocenters. The predicted molar refractivity (Wildman–Crippen MR) is 64.4 cm³/mol. The summed E-state index contributed by atoms with van der Waals surface area (Å²) in [4.78, 5) is 15.9. The Kier molecular flexibility index (Phi) is 2.95. The molecule has 0 atom stereocenters. The van der Waals surface area contributed by atoms with Gasteiger partial charge in [-0.05, 0) is 18.6 Å². The van der Waals surface area contributed by atoms with E-state index in [1.54, 1.807) is 6.07 Å². The van der Waals surface area contributed by atoms with Gasteiger partial charge in [0.05, 0.1) is 19.7 Å². The Morgan fingerprint density at radius 1 is 1.29 bits per heavy atom. The van der Waals surface area contributed by atoms with E-state index in [1.165, 1.54) is 14.2 Å². The zero-order chi connectivity index (χ0) is 12.4. The quantitative estimate of drug-likeness (QED) is 0.744. The van der Waals surface area contributed by atoms with E-state index in [0.29, 0.717) is 11.4 Å². The van der Waals surface area contributed by atoms with Crippen molar-refractivity contribution in [1.82, 2.24) is 4.98 Å². The third-order valence-corrected chi connectivity index (χ3v) is 2.61. The van der Waals surface area contributed by atoms with E-state index >= 15 is 0 Å². The molecule has 0 bridgehead atoms. The van der Waals surface area contributed by atoms with Crippen LogP contribution in [0.25, 0.3) is 10.9 Å². The SMILES string of the molecule is COC(=O)c1cc2cccc(C)c2nc1OC. The Labute approximate surface area is 99.2 Å². The lowest BCUT2D eigenvalue weighted by atomic mass is 10.1. The molecule has 2 aromatic rings. The van der Waals surface area contributed by atoms with Crippen LogP contribution in [0.1, 0.15) is 15.9 Å². The Bertz CT molecular complexity index is 578. The van der Waals surface area contributed by atoms with Gasteiger partial charge in [-0.2, -0.15) is 0 Å². The van der Waals surface area contributed by atoms with Gasteiger partial charge in [0.1, 0.15) is 5.56 Å². The number of benzene rings is 1. The summed E-state index contributed by atoms with van der Waals surface area (Å²) in [6.07, 6.45) is 0. The van der Waals surface area contributed by atoms with Crippen LogP contribution >= 0.6 is 0 Å². The molecule has 1 heterocycles. The average Bonchev–Trinajstić information content (AvgIpc) is 2.37. The van der Waals surface area contributed by atoms with Crippen molar-refractivity contribution in [3.05, 3.63) is 35.4 Å². The minimum absolute atomic E-state index is 0.290. The molecule has 0 saturated heterocycles. The number of hydrogen-bond donors (Lipinski definition) is 0. The molecule has 0 amide bonds. The Morgan fingerprint density at radius 3 is 2.71 bits per heavy atom. The fourth-order valence-electron chi connectivity index (χ4n) is 1.74. The van der Waals surface area contributed by atoms with Crippen molar-refractivity contribution in [3.63, 3.8) is 0 Å². The van der Waals surface area contributed by atoms with E-state index in [9.17, 15) is 4.79 Å². The zero-order valence-corrected chi connectivity index (χ0v) is 9.98. The van der Waals surface area contributed by atoms with E-state index in [2.05, 4.69) is 4.98 Å². The van der Waals surface area contributed by atoms with Crippen LogP contribution in [0.4, 0.5) is 0 Å². The van der Waals surface area contributed by atoms with Crippen LogP contribution in [0.2, 0.25) is 0 Å². The van der Waals surface area contributed by atoms with E-state index in [0.717, 1.165) is 16.5 Å². The van der Waals surface area contributed by atoms with Crippen molar-refractivity contribution in [3.8, 4) is 5.88 Å². The van der Waals surface area contributed by atoms with Gasteiger partial charge in [-0.3, -0.25) is 0 Å². The fraction of sp³-hybridized carbons (Fsp3) is 0.231. The fourth-order valence-corrected chi connectivity index (χ4v) is 1.74. The summed E-state index contributed by atoms with van der Waals surface area (Å²) >= 11 is 0. The van der Waals surface area contributed by atoms with Gasteiger partial charge in [0, 0.05) is 5.39 Å². The van der Waals surface area contributed by atoms with Gasteiger partial charge in [0.2, 0.25) is 5.88 Å². The minimum Gasteiger partial charge on any atom is -0.480 e. The Balaban J connectivity index is 2.73. The predicted octanol–water partition coefficient (Wildman–Crippen LogP) is 2.34. The molecule has 88 valence electrons. The molecule has 0 aliphatic rings. The summed E-state index contributed by atoms with van der Waals surface area (Å²) in [5, 5.41) is 0.895. The van der Waals surface area contributed by atoms with Gasteiger partial charge in [0.25, 0.3) is 0 Å². The highest BCUT2D eigenvalue weighted by Crippen LogP contribution is 2.24. The molecule has 0 spiro atoms. The van der Waals surface area contributed by atoms with Crippen molar-refractivity contribution in [2.45, 2.75) is 6.92 Å². The van der Waals surface area contributed by atoms with Crippen molar-refractivity contribution in [2.24, 2.45) is 0 Å². The molecule has 0 aliphatic heterocycles. The first-order chi connectivity index (χ1) is 8.17. The largest absolute Gasteiger partial charge is 0.480 e. The lowest BCUT2D eigenvalue weighted by Gasteiger charge is -2.08. The summed E-state index contributed by atoms with van der Waals surface area (Å²) in [7, 11) is 2.82. The van der Waals surface area contributed by atoms with Crippen LogP contribution in [0.5, 0.6) is 5.88 Å². The highest BCUT2D eigenvalue weighted by Gasteiger charge is 2.15. The van der Waals surface area contributed by atoms with Gasteiger partial charge < -0.3 is 9.47 Å². The molecule has 2 rings (SSSR count). The van der Waals surface area contributed by atoms with Crippen LogP contribution in [0, 0.1) is 6.92 Å². The Morgan fingerprint density at radius 2 is 2.06 bits per heavy atom. The number of carbonyl (C=O) groups is 1. The lowest BCUT2D eigenvalue weighted by molar-refractivity contribution is 0.0596. The summed E-state index contributed by atoms with van der Waals surface area (Å²) in [6, 6.07) is 7.53. The van der Waals surface area contributed by atoms with Gasteiger partial charge in [0.15, 0.2) is 0 Å². The summed E-state index contributed by atoms with van der Waals surface area (Å²) < 4.78 is 9.82. The molecular weight excluding hydrogens is 218 g/mol. The standard InChI is InChI=1S/C13H13NO3/c1-8-5-4-6-9-7-10(13(15)17-3)12(16-2)14-11(8)9/h4-7H,1-3H3. The molecule has 0 N–H and O–H groups in total. The summed E-state index contributed by atoms with van der Waals surface area (Å²) in [5.74, 6) is -0.156. The van der Waals surface area contributed by atoms with Gasteiger partial charge in [-0.25, -0.2) is 9.78 Å². The molecule has 17 heavy (non-hydrogen) atoms. The molecule has 0 radical (unpaired) electrons. The second kappa shape index (κ2) is 4.41. The average molecular weight is 231 g/mol. The number of esters is 1. The van der Waals surface area contributed by atoms with Gasteiger partial charge in [-0.15, -0.1) is 0 Å². The van der Waals surface area contributed by atoms with E-state index in [1.807, 2.05) is 25.1 Å². The van der Waals surface area contributed by atoms with Gasteiger partial charge in [-0.1, -0.05) is 18.2 Å². The number of nitrogens with zero attached hydrogens (tertiary/aromatic N) is 1. The minimum atomic E-state index is -0.447. The van der Waals surface area contributed by atoms with Crippen molar-refractivity contribution in [1.29, 1.82) is 0 Å². The number of para-hydroxylation sites is 1. The van der Waals surface area contributed by atoms with Crippen LogP contribution in [0.15, 0.2) is 24.3 Å². The highest BCUT2D eigenvalue weighted by atomic mass is 16.5. The number of fused-ring (bicyclic) bond motifs is 1. The molecule has 1 aromatic heterocycles. The van der Waals surface area contributed by atoms with Crippen molar-refractivity contribution >= 4 is 16.9 Å². The molecule has 0 fully saturated rings. The molecular formula is C13H13NO3. The topological polar surface area (TPSA) is 48.4 Å². The van der Waals surface area contributed by atoms with Crippen molar-refractivity contribution < 1.29 is 14.3 Å². The van der Waals surface area contributed by atoms with Crippen molar-refractivity contribution in [2.75, 3.05) is 14.2 Å². The first kappa shape index (κ1) is 11.4. The molecule has 0 aliphatic carbocycles. The summed E-state index contributed by atoms with van der Waals surface area (Å²) in [5.41, 5.74) is 2.21. The third-order valence-electron chi connectivity index (χ3n) is 2.61. The van der Waals surface area contributed by atoms with Crippen LogP contribution in [-0.2, 0) is 4.74 Å². The number of aromatic nitrogens is 1. The first-order valence-corrected chi connectivity index (χ1v) is 5.20. The van der Waals surface area contributed by atoms with Crippen LogP contribution in [-0.4, -0.2) is 25.2 Å². The normalized spacial score (nSPS) is 10.3. The number of aryl methyl sites for hydroxylation is 1. The number of pyridine rings is 1. The second-order valence-electron chi connectivity index (χ2n) is 3.68. The van der Waals surface area contributed by atoms with E-state index < -0.39 is 5.97 Å². The Hall–Kier alpha value is -2.10. The monoisotopic (exact) mass is 231 g/mol. The number of methoxy groups -OCH3 is 2. The molecule has 1 aromatic carbocycles. The number of hydrogen-bond acceptors (Lipinski definition) is 4. The number of rotatable bonds is 2. The van der Waals surface area contributed by atoms with Gasteiger partial charge >= 0.3 is 5.97 Å². The van der Waals surface area contributed by atoms with Crippen LogP contribution < -0.4 is 4.74 Å². The highest BCUT2D eigenvalue weighted by molar-refractivity contribution is 5.96. The first-order valence-electron chi connectivity index (χ1n) is 5.20. The van der Waals surface area contributed by atoms with Crippen LogP contribution in [0.3, 0.4) is 0 Å². The maximum Gasteiger partial charge on any atom is 0.343 e. The smallest absolute Gasteiger partial charge is 0.343 e. The molecule has 0 saturated carbocycles. The number of ether oxygens (including phenoxy) is 2. The maximum absolute atomic E-state index is 11.6. The maximum atomic E-state index is 11.6. The molecule has 4 heteroatoms. The van der Waals surface area contributed by atoms with E-state index in [4.69, 9.17) is 9.47 Å². The van der Waals surface area contributed by atoms with E-state index in [-0.39, 0.29) is 0 Å². The lowest BCUT2D eigenvalue weighted by Crippen LogP contribution is -2.06. The second-order valence-corrected chi connectivity index (χ2v) is 3.68. The number of carbonyl (C=O) groups excluding carboxylic acids is 1. The summed E-state index contributed by atoms with van der Waals surface area (Å²) in [6.45, 7) is 1.96. The zero-order valence-electron chi connectivity index (χ0n) is 9.98. The third kappa shape index (κ3) is 1.93. The molecule has 4 nitrogen and oxygen atoms in total.